The molecule has 1 saturated heterocycles. The third-order valence-corrected chi connectivity index (χ3v) is 3.20. The number of carbonyl (C=O) groups is 1. The van der Waals surface area contributed by atoms with Gasteiger partial charge in [0.05, 0.1) is 12.0 Å². The summed E-state index contributed by atoms with van der Waals surface area (Å²) >= 11 is 0. The molecule has 1 aliphatic rings. The number of methoxy groups -OCH3 is 1. The molecule has 0 aromatic carbocycles. The van der Waals surface area contributed by atoms with Crippen molar-refractivity contribution in [3.8, 4) is 0 Å². The number of ether oxygens (including phenoxy) is 1. The van der Waals surface area contributed by atoms with Gasteiger partial charge in [0.15, 0.2) is 0 Å². The van der Waals surface area contributed by atoms with Crippen LogP contribution in [0.4, 0.5) is 0 Å². The van der Waals surface area contributed by atoms with Crippen LogP contribution in [0.25, 0.3) is 0 Å². The second-order valence-electron chi connectivity index (χ2n) is 4.01. The first-order valence-electron chi connectivity index (χ1n) is 5.06. The molecule has 0 aliphatic carbocycles. The SMILES string of the molecule is COC1CCN(C(C)C(C)C(=O)O)C1. The molecule has 0 bridgehead atoms. The smallest absolute Gasteiger partial charge is 0.307 e. The quantitative estimate of drug-likeness (QED) is 0.731. The molecule has 4 nitrogen and oxygen atoms in total. The Morgan fingerprint density at radius 3 is 2.64 bits per heavy atom. The molecular formula is C10H19NO3. The van der Waals surface area contributed by atoms with Gasteiger partial charge in [-0.3, -0.25) is 9.69 Å². The molecule has 1 aliphatic heterocycles. The summed E-state index contributed by atoms with van der Waals surface area (Å²) in [5, 5.41) is 8.88. The van der Waals surface area contributed by atoms with Crippen LogP contribution in [0.2, 0.25) is 0 Å². The highest BCUT2D eigenvalue weighted by Crippen LogP contribution is 2.19. The minimum absolute atomic E-state index is 0.0904. The summed E-state index contributed by atoms with van der Waals surface area (Å²) in [6, 6.07) is 0.0904. The Labute approximate surface area is 84.8 Å². The normalized spacial score (nSPS) is 27.5. The van der Waals surface area contributed by atoms with Crippen LogP contribution < -0.4 is 0 Å². The van der Waals surface area contributed by atoms with Gasteiger partial charge < -0.3 is 9.84 Å². The maximum absolute atomic E-state index is 10.8. The lowest BCUT2D eigenvalue weighted by Crippen LogP contribution is -2.39. The second kappa shape index (κ2) is 4.75. The number of rotatable bonds is 4. The predicted molar refractivity (Wildman–Crippen MR) is 53.2 cm³/mol. The van der Waals surface area contributed by atoms with E-state index in [0.717, 1.165) is 19.5 Å². The van der Waals surface area contributed by atoms with E-state index in [1.807, 2.05) is 6.92 Å². The van der Waals surface area contributed by atoms with Gasteiger partial charge in [0, 0.05) is 26.2 Å². The Bertz CT molecular complexity index is 208. The summed E-state index contributed by atoms with van der Waals surface area (Å²) in [6.07, 6.45) is 1.28. The molecule has 82 valence electrons. The van der Waals surface area contributed by atoms with E-state index in [4.69, 9.17) is 9.84 Å². The van der Waals surface area contributed by atoms with Gasteiger partial charge in [-0.1, -0.05) is 6.92 Å². The number of carboxylic acid groups (broad SMARTS) is 1. The number of hydrogen-bond donors (Lipinski definition) is 1. The summed E-state index contributed by atoms with van der Waals surface area (Å²) < 4.78 is 5.24. The number of aliphatic carboxylic acids is 1. The van der Waals surface area contributed by atoms with E-state index in [0.29, 0.717) is 0 Å². The second-order valence-corrected chi connectivity index (χ2v) is 4.01. The maximum Gasteiger partial charge on any atom is 0.307 e. The lowest BCUT2D eigenvalue weighted by Gasteiger charge is -2.27. The van der Waals surface area contributed by atoms with Gasteiger partial charge >= 0.3 is 5.97 Å². The lowest BCUT2D eigenvalue weighted by atomic mass is 10.0. The van der Waals surface area contributed by atoms with E-state index < -0.39 is 5.97 Å². The Hall–Kier alpha value is -0.610. The number of hydrogen-bond acceptors (Lipinski definition) is 3. The van der Waals surface area contributed by atoms with Crippen molar-refractivity contribution in [3.63, 3.8) is 0 Å². The van der Waals surface area contributed by atoms with E-state index in [-0.39, 0.29) is 18.1 Å². The zero-order valence-electron chi connectivity index (χ0n) is 9.06. The lowest BCUT2D eigenvalue weighted by molar-refractivity contribution is -0.143. The standard InChI is InChI=1S/C10H19NO3/c1-7(10(12)13)8(2)11-5-4-9(6-11)14-3/h7-9H,4-6H2,1-3H3,(H,12,13). The van der Waals surface area contributed by atoms with Crippen molar-refractivity contribution in [1.29, 1.82) is 0 Å². The molecule has 3 atom stereocenters. The Balaban J connectivity index is 2.46. The van der Waals surface area contributed by atoms with Gasteiger partial charge in [-0.15, -0.1) is 0 Å². The van der Waals surface area contributed by atoms with Crippen LogP contribution in [0.3, 0.4) is 0 Å². The number of carboxylic acids is 1. The van der Waals surface area contributed by atoms with Gasteiger partial charge in [-0.2, -0.15) is 0 Å². The Morgan fingerprint density at radius 1 is 1.57 bits per heavy atom. The molecule has 1 N–H and O–H groups in total. The van der Waals surface area contributed by atoms with Gasteiger partial charge in [-0.25, -0.2) is 0 Å². The summed E-state index contributed by atoms with van der Waals surface area (Å²) in [5.74, 6) is -1.04. The molecule has 1 fully saturated rings. The largest absolute Gasteiger partial charge is 0.481 e. The van der Waals surface area contributed by atoms with Gasteiger partial charge in [0.2, 0.25) is 0 Å². The molecule has 4 heteroatoms. The highest BCUT2D eigenvalue weighted by Gasteiger charge is 2.31. The molecule has 3 unspecified atom stereocenters. The highest BCUT2D eigenvalue weighted by molar-refractivity contribution is 5.70. The average Bonchev–Trinajstić information content (AvgIpc) is 2.63. The third kappa shape index (κ3) is 2.45. The third-order valence-electron chi connectivity index (χ3n) is 3.20. The predicted octanol–water partition coefficient (Wildman–Crippen LogP) is 0.816. The van der Waals surface area contributed by atoms with Gasteiger partial charge in [-0.05, 0) is 13.3 Å². The van der Waals surface area contributed by atoms with Crippen molar-refractivity contribution < 1.29 is 14.6 Å². The molecule has 0 radical (unpaired) electrons. The van der Waals surface area contributed by atoms with Crippen LogP contribution in [-0.2, 0) is 9.53 Å². The van der Waals surface area contributed by atoms with Crippen LogP contribution in [-0.4, -0.2) is 48.3 Å². The monoisotopic (exact) mass is 201 g/mol. The fourth-order valence-corrected chi connectivity index (χ4v) is 1.84. The summed E-state index contributed by atoms with van der Waals surface area (Å²) in [4.78, 5) is 13.0. The molecule has 0 saturated carbocycles. The summed E-state index contributed by atoms with van der Waals surface area (Å²) in [6.45, 7) is 5.52. The first kappa shape index (κ1) is 11.5. The van der Waals surface area contributed by atoms with Crippen LogP contribution in [0.1, 0.15) is 20.3 Å². The molecule has 0 aromatic rings. The minimum Gasteiger partial charge on any atom is -0.481 e. The van der Waals surface area contributed by atoms with Crippen molar-refractivity contribution in [2.24, 2.45) is 5.92 Å². The molecule has 0 amide bonds. The zero-order chi connectivity index (χ0) is 10.7. The fraction of sp³-hybridized carbons (Fsp3) is 0.900. The highest BCUT2D eigenvalue weighted by atomic mass is 16.5. The summed E-state index contributed by atoms with van der Waals surface area (Å²) in [5.41, 5.74) is 0. The van der Waals surface area contributed by atoms with Crippen molar-refractivity contribution >= 4 is 5.97 Å². The Morgan fingerprint density at radius 2 is 2.21 bits per heavy atom. The van der Waals surface area contributed by atoms with Crippen molar-refractivity contribution in [2.45, 2.75) is 32.4 Å². The van der Waals surface area contributed by atoms with Crippen LogP contribution in [0.5, 0.6) is 0 Å². The molecular weight excluding hydrogens is 182 g/mol. The van der Waals surface area contributed by atoms with Crippen LogP contribution in [0, 0.1) is 5.92 Å². The Kier molecular flexibility index (Phi) is 3.89. The van der Waals surface area contributed by atoms with E-state index in [1.165, 1.54) is 0 Å². The zero-order valence-corrected chi connectivity index (χ0v) is 9.06. The molecule has 1 heterocycles. The van der Waals surface area contributed by atoms with Crippen LogP contribution >= 0.6 is 0 Å². The fourth-order valence-electron chi connectivity index (χ4n) is 1.84. The molecule has 14 heavy (non-hydrogen) atoms. The summed E-state index contributed by atoms with van der Waals surface area (Å²) in [7, 11) is 1.71. The number of nitrogens with zero attached hydrogens (tertiary/aromatic N) is 1. The van der Waals surface area contributed by atoms with E-state index >= 15 is 0 Å². The molecule has 1 rings (SSSR count). The minimum atomic E-state index is -0.724. The first-order valence-corrected chi connectivity index (χ1v) is 5.06. The molecule has 0 aromatic heterocycles. The van der Waals surface area contributed by atoms with Gasteiger partial charge in [0.25, 0.3) is 0 Å². The van der Waals surface area contributed by atoms with Crippen molar-refractivity contribution in [3.05, 3.63) is 0 Å². The number of likely N-dealkylation sites (tertiary alicyclic amines) is 1. The topological polar surface area (TPSA) is 49.8 Å². The van der Waals surface area contributed by atoms with Crippen LogP contribution in [0.15, 0.2) is 0 Å². The molecule has 0 spiro atoms. The van der Waals surface area contributed by atoms with Crippen molar-refractivity contribution in [1.82, 2.24) is 4.90 Å². The average molecular weight is 201 g/mol. The van der Waals surface area contributed by atoms with E-state index in [2.05, 4.69) is 4.90 Å². The van der Waals surface area contributed by atoms with E-state index in [1.54, 1.807) is 14.0 Å². The van der Waals surface area contributed by atoms with Crippen molar-refractivity contribution in [2.75, 3.05) is 20.2 Å². The van der Waals surface area contributed by atoms with E-state index in [9.17, 15) is 4.79 Å². The first-order chi connectivity index (χ1) is 6.56. The van der Waals surface area contributed by atoms with Gasteiger partial charge in [0.1, 0.15) is 0 Å². The maximum atomic E-state index is 10.8.